The first-order valence-electron chi connectivity index (χ1n) is 9.28. The van der Waals surface area contributed by atoms with Gasteiger partial charge in [0, 0.05) is 10.8 Å². The van der Waals surface area contributed by atoms with Crippen molar-refractivity contribution >= 4 is 51.9 Å². The predicted molar refractivity (Wildman–Crippen MR) is 123 cm³/mol. The standard InChI is InChI=1S/C23H18Cl2N2O2S/c1-15-6-8-16(9-7-15)14-30-23-26-19-4-2-3-5-20(19)27(23)22(28)13-29-21-11-10-17(24)12-18(21)25/h2-12H,13-14H2,1H3. The van der Waals surface area contributed by atoms with E-state index in [1.54, 1.807) is 22.8 Å². The van der Waals surface area contributed by atoms with E-state index in [1.807, 2.05) is 24.3 Å². The Labute approximate surface area is 188 Å². The molecule has 1 aromatic heterocycles. The minimum Gasteiger partial charge on any atom is -0.482 e. The maximum Gasteiger partial charge on any atom is 0.271 e. The molecule has 0 saturated heterocycles. The zero-order valence-corrected chi connectivity index (χ0v) is 18.5. The van der Waals surface area contributed by atoms with Crippen molar-refractivity contribution in [3.63, 3.8) is 0 Å². The lowest BCUT2D eigenvalue weighted by Gasteiger charge is -2.10. The summed E-state index contributed by atoms with van der Waals surface area (Å²) >= 11 is 13.6. The smallest absolute Gasteiger partial charge is 0.271 e. The van der Waals surface area contributed by atoms with Crippen molar-refractivity contribution in [3.05, 3.63) is 87.9 Å². The number of rotatable bonds is 6. The quantitative estimate of drug-likeness (QED) is 0.304. The van der Waals surface area contributed by atoms with E-state index in [-0.39, 0.29) is 12.5 Å². The highest BCUT2D eigenvalue weighted by molar-refractivity contribution is 7.98. The molecule has 0 amide bonds. The second kappa shape index (κ2) is 9.13. The summed E-state index contributed by atoms with van der Waals surface area (Å²) < 4.78 is 7.27. The van der Waals surface area contributed by atoms with Crippen molar-refractivity contribution < 1.29 is 9.53 Å². The molecule has 3 aromatic carbocycles. The summed E-state index contributed by atoms with van der Waals surface area (Å²) in [5.41, 5.74) is 3.89. The van der Waals surface area contributed by atoms with Crippen LogP contribution >= 0.6 is 35.0 Å². The van der Waals surface area contributed by atoms with Crippen molar-refractivity contribution in [3.8, 4) is 5.75 Å². The number of ether oxygens (including phenoxy) is 1. The topological polar surface area (TPSA) is 44.1 Å². The third-order valence-corrected chi connectivity index (χ3v) is 6.05. The average Bonchev–Trinajstić information content (AvgIpc) is 3.11. The third kappa shape index (κ3) is 4.64. The number of hydrogen-bond acceptors (Lipinski definition) is 4. The molecule has 7 heteroatoms. The highest BCUT2D eigenvalue weighted by Crippen LogP contribution is 2.29. The molecule has 0 aliphatic heterocycles. The minimum atomic E-state index is -0.221. The van der Waals surface area contributed by atoms with E-state index in [9.17, 15) is 4.79 Å². The molecule has 0 fully saturated rings. The van der Waals surface area contributed by atoms with Gasteiger partial charge in [0.1, 0.15) is 5.75 Å². The monoisotopic (exact) mass is 456 g/mol. The lowest BCUT2D eigenvalue weighted by Crippen LogP contribution is -2.20. The maximum absolute atomic E-state index is 13.1. The molecule has 4 rings (SSSR count). The van der Waals surface area contributed by atoms with E-state index in [0.717, 1.165) is 11.0 Å². The number of benzene rings is 3. The summed E-state index contributed by atoms with van der Waals surface area (Å²) in [5.74, 6) is 0.898. The van der Waals surface area contributed by atoms with Gasteiger partial charge in [-0.25, -0.2) is 4.98 Å². The Hall–Kier alpha value is -2.47. The summed E-state index contributed by atoms with van der Waals surface area (Å²) in [6.07, 6.45) is 0. The van der Waals surface area contributed by atoms with E-state index in [1.165, 1.54) is 22.9 Å². The van der Waals surface area contributed by atoms with Gasteiger partial charge in [0.2, 0.25) is 0 Å². The highest BCUT2D eigenvalue weighted by atomic mass is 35.5. The molecule has 0 bridgehead atoms. The van der Waals surface area contributed by atoms with E-state index in [4.69, 9.17) is 27.9 Å². The number of aryl methyl sites for hydroxylation is 1. The molecule has 4 nitrogen and oxygen atoms in total. The van der Waals surface area contributed by atoms with Crippen LogP contribution in [-0.4, -0.2) is 22.1 Å². The third-order valence-electron chi connectivity index (χ3n) is 4.51. The predicted octanol–water partition coefficient (Wildman–Crippen LogP) is 6.66. The number of imidazole rings is 1. The van der Waals surface area contributed by atoms with E-state index in [2.05, 4.69) is 36.2 Å². The number of aromatic nitrogens is 2. The lowest BCUT2D eigenvalue weighted by atomic mass is 10.2. The van der Waals surface area contributed by atoms with Gasteiger partial charge in [-0.05, 0) is 42.8 Å². The summed E-state index contributed by atoms with van der Waals surface area (Å²) in [6.45, 7) is 1.89. The zero-order chi connectivity index (χ0) is 21.1. The number of carbonyl (C=O) groups is 1. The van der Waals surface area contributed by atoms with Gasteiger partial charge in [0.05, 0.1) is 16.1 Å². The molecule has 0 N–H and O–H groups in total. The van der Waals surface area contributed by atoms with Gasteiger partial charge in [-0.15, -0.1) is 0 Å². The van der Waals surface area contributed by atoms with Crippen LogP contribution in [0.1, 0.15) is 15.9 Å². The first-order valence-corrected chi connectivity index (χ1v) is 11.0. The fourth-order valence-corrected chi connectivity index (χ4v) is 4.41. The van der Waals surface area contributed by atoms with Crippen LogP contribution in [0.5, 0.6) is 5.75 Å². The van der Waals surface area contributed by atoms with Crippen LogP contribution in [0.2, 0.25) is 10.0 Å². The molecule has 0 radical (unpaired) electrons. The van der Waals surface area contributed by atoms with Gasteiger partial charge in [-0.3, -0.25) is 9.36 Å². The van der Waals surface area contributed by atoms with Crippen LogP contribution < -0.4 is 4.74 Å². The maximum atomic E-state index is 13.1. The largest absolute Gasteiger partial charge is 0.482 e. The van der Waals surface area contributed by atoms with Crippen molar-refractivity contribution in [2.24, 2.45) is 0 Å². The molecule has 0 aliphatic carbocycles. The number of carbonyl (C=O) groups excluding carboxylic acids is 1. The summed E-state index contributed by atoms with van der Waals surface area (Å²) in [5, 5.41) is 1.50. The number of para-hydroxylation sites is 2. The van der Waals surface area contributed by atoms with E-state index in [0.29, 0.717) is 26.7 Å². The zero-order valence-electron chi connectivity index (χ0n) is 16.1. The van der Waals surface area contributed by atoms with Gasteiger partial charge >= 0.3 is 0 Å². The van der Waals surface area contributed by atoms with Crippen LogP contribution in [0.15, 0.2) is 71.9 Å². The number of thioether (sulfide) groups is 1. The SMILES string of the molecule is Cc1ccc(CSc2nc3ccccc3n2C(=O)COc2ccc(Cl)cc2Cl)cc1. The number of nitrogens with zero attached hydrogens (tertiary/aromatic N) is 2. The number of hydrogen-bond donors (Lipinski definition) is 0. The molecule has 0 saturated carbocycles. The van der Waals surface area contributed by atoms with Crippen LogP contribution in [-0.2, 0) is 5.75 Å². The van der Waals surface area contributed by atoms with Crippen LogP contribution in [0, 0.1) is 6.92 Å². The average molecular weight is 457 g/mol. The molecule has 1 heterocycles. The molecule has 0 spiro atoms. The second-order valence-electron chi connectivity index (χ2n) is 6.75. The molecular weight excluding hydrogens is 439 g/mol. The lowest BCUT2D eigenvalue weighted by molar-refractivity contribution is 0.0832. The van der Waals surface area contributed by atoms with Gasteiger partial charge in [0.15, 0.2) is 11.8 Å². The Morgan fingerprint density at radius 2 is 1.83 bits per heavy atom. The fourth-order valence-electron chi connectivity index (χ4n) is 2.97. The van der Waals surface area contributed by atoms with Crippen molar-refractivity contribution in [2.75, 3.05) is 6.61 Å². The molecule has 0 aliphatic rings. The first kappa shape index (κ1) is 20.8. The summed E-state index contributed by atoms with van der Waals surface area (Å²) in [4.78, 5) is 17.7. The Morgan fingerprint density at radius 1 is 1.07 bits per heavy atom. The van der Waals surface area contributed by atoms with Gasteiger partial charge < -0.3 is 4.74 Å². The molecule has 4 aromatic rings. The first-order chi connectivity index (χ1) is 14.5. The Kier molecular flexibility index (Phi) is 6.32. The molecule has 30 heavy (non-hydrogen) atoms. The minimum absolute atomic E-state index is 0.167. The van der Waals surface area contributed by atoms with Crippen molar-refractivity contribution in [1.29, 1.82) is 0 Å². The van der Waals surface area contributed by atoms with E-state index < -0.39 is 0 Å². The van der Waals surface area contributed by atoms with Crippen LogP contribution in [0.3, 0.4) is 0 Å². The Morgan fingerprint density at radius 3 is 2.60 bits per heavy atom. The number of fused-ring (bicyclic) bond motifs is 1. The van der Waals surface area contributed by atoms with Crippen LogP contribution in [0.4, 0.5) is 0 Å². The summed E-state index contributed by atoms with van der Waals surface area (Å²) in [7, 11) is 0. The second-order valence-corrected chi connectivity index (χ2v) is 8.54. The van der Waals surface area contributed by atoms with Gasteiger partial charge in [0.25, 0.3) is 5.91 Å². The van der Waals surface area contributed by atoms with E-state index >= 15 is 0 Å². The Bertz CT molecular complexity index is 1210. The summed E-state index contributed by atoms with van der Waals surface area (Å²) in [6, 6.07) is 20.8. The molecular formula is C23H18Cl2N2O2S. The normalized spacial score (nSPS) is 11.0. The molecule has 152 valence electrons. The number of halogens is 2. The van der Waals surface area contributed by atoms with Crippen LogP contribution in [0.25, 0.3) is 11.0 Å². The highest BCUT2D eigenvalue weighted by Gasteiger charge is 2.18. The molecule has 0 unspecified atom stereocenters. The fraction of sp³-hybridized carbons (Fsp3) is 0.130. The van der Waals surface area contributed by atoms with Gasteiger partial charge in [-0.2, -0.15) is 0 Å². The van der Waals surface area contributed by atoms with Crippen molar-refractivity contribution in [1.82, 2.24) is 9.55 Å². The molecule has 0 atom stereocenters. The Balaban J connectivity index is 1.57. The van der Waals surface area contributed by atoms with Gasteiger partial charge in [-0.1, -0.05) is 76.9 Å². The van der Waals surface area contributed by atoms with Crippen molar-refractivity contribution in [2.45, 2.75) is 17.8 Å².